The number of nitrogens with zero attached hydrogens (tertiary/aromatic N) is 2. The van der Waals surface area contributed by atoms with Crippen molar-refractivity contribution in [3.8, 4) is 5.75 Å². The third kappa shape index (κ3) is 4.58. The van der Waals surface area contributed by atoms with E-state index in [1.54, 1.807) is 0 Å². The predicted octanol–water partition coefficient (Wildman–Crippen LogP) is 4.18. The van der Waals surface area contributed by atoms with Crippen LogP contribution in [0.5, 0.6) is 5.75 Å². The van der Waals surface area contributed by atoms with Gasteiger partial charge in [-0.05, 0) is 68.8 Å². The normalized spacial score (nSPS) is 20.8. The van der Waals surface area contributed by atoms with Crippen molar-refractivity contribution in [1.82, 2.24) is 9.80 Å². The van der Waals surface area contributed by atoms with Crippen LogP contribution in [0.3, 0.4) is 0 Å². The summed E-state index contributed by atoms with van der Waals surface area (Å²) in [5, 5.41) is 9.82. The van der Waals surface area contributed by atoms with Crippen LogP contribution in [0, 0.1) is 5.92 Å². The topological polar surface area (TPSA) is 43.8 Å². The average Bonchev–Trinajstić information content (AvgIpc) is 3.13. The minimum Gasteiger partial charge on any atom is -0.506 e. The third-order valence-electron chi connectivity index (χ3n) is 5.51. The average molecular weight is 474 g/mol. The molecule has 3 rings (SSSR count). The van der Waals surface area contributed by atoms with Crippen LogP contribution in [-0.4, -0.2) is 53.0 Å². The molecular formula is C19H26Br2N2O2. The van der Waals surface area contributed by atoms with E-state index in [0.29, 0.717) is 15.4 Å². The Kier molecular flexibility index (Phi) is 6.44. The van der Waals surface area contributed by atoms with E-state index in [9.17, 15) is 9.90 Å². The molecule has 0 unspecified atom stereocenters. The van der Waals surface area contributed by atoms with Crippen molar-refractivity contribution in [1.29, 1.82) is 0 Å². The number of carbonyl (C=O) groups is 1. The van der Waals surface area contributed by atoms with E-state index in [2.05, 4.69) is 36.8 Å². The van der Waals surface area contributed by atoms with Crippen LogP contribution in [0.4, 0.5) is 0 Å². The summed E-state index contributed by atoms with van der Waals surface area (Å²) in [4.78, 5) is 17.4. The van der Waals surface area contributed by atoms with Crippen molar-refractivity contribution >= 4 is 37.8 Å². The van der Waals surface area contributed by atoms with E-state index >= 15 is 0 Å². The fraction of sp³-hybridized carbons (Fsp3) is 0.632. The summed E-state index contributed by atoms with van der Waals surface area (Å²) in [7, 11) is 0. The van der Waals surface area contributed by atoms with Gasteiger partial charge < -0.3 is 10.0 Å². The van der Waals surface area contributed by atoms with Crippen molar-refractivity contribution < 1.29 is 9.90 Å². The summed E-state index contributed by atoms with van der Waals surface area (Å²) in [5.41, 5.74) is 1.04. The monoisotopic (exact) mass is 472 g/mol. The SMILES string of the molecule is C[C@H](Cc1cc(Br)c(O)c(Br)c1)C(=O)N1CCN(C2CCCC2)CC1. The van der Waals surface area contributed by atoms with Gasteiger partial charge in [-0.1, -0.05) is 19.8 Å². The zero-order valence-corrected chi connectivity index (χ0v) is 17.9. The standard InChI is InChI=1S/C19H26Br2N2O2/c1-13(10-14-11-16(20)18(24)17(21)12-14)19(25)23-8-6-22(7-9-23)15-4-2-3-5-15/h11-13,15,24H,2-10H2,1H3/t13-/m1/s1. The highest BCUT2D eigenvalue weighted by molar-refractivity contribution is 9.11. The smallest absolute Gasteiger partial charge is 0.225 e. The largest absolute Gasteiger partial charge is 0.506 e. The van der Waals surface area contributed by atoms with Crippen molar-refractivity contribution in [3.05, 3.63) is 26.6 Å². The zero-order valence-electron chi connectivity index (χ0n) is 14.7. The fourth-order valence-electron chi connectivity index (χ4n) is 4.07. The lowest BCUT2D eigenvalue weighted by atomic mass is 9.99. The molecule has 6 heteroatoms. The summed E-state index contributed by atoms with van der Waals surface area (Å²) < 4.78 is 1.31. The second kappa shape index (κ2) is 8.40. The van der Waals surface area contributed by atoms with Crippen LogP contribution in [0.15, 0.2) is 21.1 Å². The van der Waals surface area contributed by atoms with Gasteiger partial charge in [0, 0.05) is 38.1 Å². The summed E-state index contributed by atoms with van der Waals surface area (Å²) in [6, 6.07) is 4.53. The van der Waals surface area contributed by atoms with Gasteiger partial charge in [-0.2, -0.15) is 0 Å². The second-order valence-corrected chi connectivity index (χ2v) is 9.02. The van der Waals surface area contributed by atoms with Crippen molar-refractivity contribution in [2.24, 2.45) is 5.92 Å². The molecule has 2 fully saturated rings. The first-order chi connectivity index (χ1) is 12.0. The molecule has 0 spiro atoms. The van der Waals surface area contributed by atoms with Crippen LogP contribution in [-0.2, 0) is 11.2 Å². The number of piperazine rings is 1. The quantitative estimate of drug-likeness (QED) is 0.713. The Balaban J connectivity index is 1.54. The van der Waals surface area contributed by atoms with Gasteiger partial charge in [-0.15, -0.1) is 0 Å². The van der Waals surface area contributed by atoms with E-state index in [0.717, 1.165) is 37.8 Å². The molecule has 1 heterocycles. The number of phenols is 1. The Morgan fingerprint density at radius 2 is 1.72 bits per heavy atom. The van der Waals surface area contributed by atoms with Gasteiger partial charge in [0.05, 0.1) is 8.95 Å². The van der Waals surface area contributed by atoms with Crippen LogP contribution in [0.25, 0.3) is 0 Å². The van der Waals surface area contributed by atoms with Crippen LogP contribution in [0.2, 0.25) is 0 Å². The Labute approximate surface area is 166 Å². The number of aromatic hydroxyl groups is 1. The molecule has 0 radical (unpaired) electrons. The number of amides is 1. The van der Waals surface area contributed by atoms with Gasteiger partial charge in [-0.25, -0.2) is 0 Å². The molecule has 1 aliphatic carbocycles. The Morgan fingerprint density at radius 3 is 2.28 bits per heavy atom. The van der Waals surface area contributed by atoms with Gasteiger partial charge in [0.25, 0.3) is 0 Å². The van der Waals surface area contributed by atoms with Gasteiger partial charge >= 0.3 is 0 Å². The van der Waals surface area contributed by atoms with Crippen LogP contribution < -0.4 is 0 Å². The van der Waals surface area contributed by atoms with E-state index in [4.69, 9.17) is 0 Å². The molecule has 1 amide bonds. The highest BCUT2D eigenvalue weighted by atomic mass is 79.9. The van der Waals surface area contributed by atoms with E-state index in [1.807, 2.05) is 24.0 Å². The molecule has 1 aromatic rings. The molecule has 1 aromatic carbocycles. The summed E-state index contributed by atoms with van der Waals surface area (Å²) in [6.45, 7) is 5.73. The van der Waals surface area contributed by atoms with Gasteiger partial charge in [-0.3, -0.25) is 9.69 Å². The van der Waals surface area contributed by atoms with Crippen LogP contribution in [0.1, 0.15) is 38.2 Å². The first-order valence-corrected chi connectivity index (χ1v) is 10.7. The number of hydrogen-bond acceptors (Lipinski definition) is 3. The lowest BCUT2D eigenvalue weighted by Crippen LogP contribution is -2.52. The molecule has 1 atom stereocenters. The minimum atomic E-state index is -0.0543. The first kappa shape index (κ1) is 19.2. The summed E-state index contributed by atoms with van der Waals surface area (Å²) >= 11 is 6.72. The molecule has 0 aromatic heterocycles. The van der Waals surface area contributed by atoms with Crippen molar-refractivity contribution in [3.63, 3.8) is 0 Å². The molecule has 1 aliphatic heterocycles. The maximum atomic E-state index is 12.8. The number of carbonyl (C=O) groups excluding carboxylic acids is 1. The lowest BCUT2D eigenvalue weighted by Gasteiger charge is -2.39. The molecule has 138 valence electrons. The van der Waals surface area contributed by atoms with Crippen LogP contribution >= 0.6 is 31.9 Å². The number of phenolic OH excluding ortho intramolecular Hbond substituents is 1. The number of benzene rings is 1. The van der Waals surface area contributed by atoms with Crippen molar-refractivity contribution in [2.45, 2.75) is 45.1 Å². The zero-order chi connectivity index (χ0) is 18.0. The van der Waals surface area contributed by atoms with E-state index in [1.165, 1.54) is 25.7 Å². The lowest BCUT2D eigenvalue weighted by molar-refractivity contribution is -0.137. The maximum absolute atomic E-state index is 12.8. The second-order valence-electron chi connectivity index (χ2n) is 7.31. The summed E-state index contributed by atoms with van der Waals surface area (Å²) in [5.74, 6) is 0.388. The number of hydrogen-bond donors (Lipinski definition) is 1. The van der Waals surface area contributed by atoms with E-state index in [-0.39, 0.29) is 17.6 Å². The van der Waals surface area contributed by atoms with E-state index < -0.39 is 0 Å². The van der Waals surface area contributed by atoms with Gasteiger partial charge in [0.1, 0.15) is 5.75 Å². The molecule has 2 aliphatic rings. The predicted molar refractivity (Wildman–Crippen MR) is 107 cm³/mol. The molecule has 0 bridgehead atoms. The highest BCUT2D eigenvalue weighted by Crippen LogP contribution is 2.34. The number of halogens is 2. The number of rotatable bonds is 4. The Hall–Kier alpha value is -0.590. The molecule has 1 N–H and O–H groups in total. The van der Waals surface area contributed by atoms with Gasteiger partial charge in [0.2, 0.25) is 5.91 Å². The fourth-order valence-corrected chi connectivity index (χ4v) is 5.35. The molecule has 4 nitrogen and oxygen atoms in total. The molecule has 1 saturated heterocycles. The minimum absolute atomic E-state index is 0.0543. The maximum Gasteiger partial charge on any atom is 0.225 e. The summed E-state index contributed by atoms with van der Waals surface area (Å²) in [6.07, 6.45) is 6.06. The third-order valence-corrected chi connectivity index (χ3v) is 6.72. The first-order valence-electron chi connectivity index (χ1n) is 9.15. The molecule has 1 saturated carbocycles. The Bertz CT molecular complexity index is 601. The van der Waals surface area contributed by atoms with Gasteiger partial charge in [0.15, 0.2) is 0 Å². The van der Waals surface area contributed by atoms with Crippen molar-refractivity contribution in [2.75, 3.05) is 26.2 Å². The molecular weight excluding hydrogens is 448 g/mol. The molecule has 25 heavy (non-hydrogen) atoms. The Morgan fingerprint density at radius 1 is 1.16 bits per heavy atom. The highest BCUT2D eigenvalue weighted by Gasteiger charge is 2.29.